The van der Waals surface area contributed by atoms with Gasteiger partial charge in [0.25, 0.3) is 5.91 Å². The Hall–Kier alpha value is -3.06. The second-order valence-corrected chi connectivity index (χ2v) is 11.3. The molecule has 1 atom stereocenters. The third-order valence-electron chi connectivity index (χ3n) is 6.60. The maximum absolute atomic E-state index is 14.3. The van der Waals surface area contributed by atoms with Crippen LogP contribution in [0.5, 0.6) is 5.75 Å². The summed E-state index contributed by atoms with van der Waals surface area (Å²) in [5.41, 5.74) is -2.04. The van der Waals surface area contributed by atoms with Crippen LogP contribution >= 0.6 is 7.60 Å². The van der Waals surface area contributed by atoms with Gasteiger partial charge in [-0.3, -0.25) is 9.36 Å². The lowest BCUT2D eigenvalue weighted by molar-refractivity contribution is 0.0510. The zero-order valence-corrected chi connectivity index (χ0v) is 23.5. The number of hydrogen-bond donors (Lipinski definition) is 1. The fourth-order valence-corrected chi connectivity index (χ4v) is 4.80. The summed E-state index contributed by atoms with van der Waals surface area (Å²) in [6, 6.07) is 19.5. The lowest BCUT2D eigenvalue weighted by Gasteiger charge is -2.22. The van der Waals surface area contributed by atoms with Gasteiger partial charge < -0.3 is 19.1 Å². The topological polar surface area (TPSA) is 76.1 Å². The van der Waals surface area contributed by atoms with E-state index in [0.717, 1.165) is 42.5 Å². The lowest BCUT2D eigenvalue weighted by atomic mass is 10.0. The van der Waals surface area contributed by atoms with Crippen LogP contribution in [0.25, 0.3) is 11.1 Å². The molecule has 3 aromatic carbocycles. The van der Waals surface area contributed by atoms with Crippen molar-refractivity contribution < 1.29 is 32.3 Å². The molecule has 1 N–H and O–H groups in total. The first-order valence-corrected chi connectivity index (χ1v) is 14.7. The van der Waals surface area contributed by atoms with Crippen molar-refractivity contribution in [1.82, 2.24) is 0 Å². The maximum atomic E-state index is 14.3. The van der Waals surface area contributed by atoms with E-state index in [1.807, 2.05) is 36.4 Å². The van der Waals surface area contributed by atoms with E-state index in [-0.39, 0.29) is 5.91 Å². The molecule has 0 aliphatic heterocycles. The van der Waals surface area contributed by atoms with E-state index in [9.17, 15) is 23.0 Å². The Labute approximate surface area is 229 Å². The Morgan fingerprint density at radius 2 is 1.41 bits per heavy atom. The van der Waals surface area contributed by atoms with Crippen molar-refractivity contribution in [1.29, 1.82) is 0 Å². The molecule has 0 aromatic heterocycles. The molecule has 0 aliphatic rings. The van der Waals surface area contributed by atoms with Crippen molar-refractivity contribution in [3.8, 4) is 16.9 Å². The summed E-state index contributed by atoms with van der Waals surface area (Å²) < 4.78 is 50.2. The van der Waals surface area contributed by atoms with Crippen molar-refractivity contribution in [3.05, 3.63) is 83.9 Å². The fourth-order valence-electron chi connectivity index (χ4n) is 4.10. The van der Waals surface area contributed by atoms with E-state index in [2.05, 4.69) is 11.4 Å². The third kappa shape index (κ3) is 7.75. The number of rotatable bonds is 14. The van der Waals surface area contributed by atoms with Crippen LogP contribution in [-0.2, 0) is 14.8 Å². The zero-order chi connectivity index (χ0) is 28.5. The minimum absolute atomic E-state index is 0.329. The smallest absolute Gasteiger partial charge is 0.401 e. The molecule has 0 fully saturated rings. The van der Waals surface area contributed by atoms with E-state index in [4.69, 9.17) is 4.74 Å². The molecule has 0 bridgehead atoms. The zero-order valence-electron chi connectivity index (χ0n) is 22.6. The number of unbranched alkanes of at least 4 members (excludes halogenated alkanes) is 5. The van der Waals surface area contributed by atoms with Crippen LogP contribution in [0, 0.1) is 0 Å². The summed E-state index contributed by atoms with van der Waals surface area (Å²) in [5.74, 6) is 0.498. The summed E-state index contributed by atoms with van der Waals surface area (Å²) in [6.45, 7) is 2.92. The number of amides is 1. The first kappa shape index (κ1) is 30.5. The summed E-state index contributed by atoms with van der Waals surface area (Å²) in [7, 11) is -2.89. The van der Waals surface area contributed by atoms with E-state index in [1.165, 1.54) is 56.2 Å². The van der Waals surface area contributed by atoms with Crippen LogP contribution in [0.1, 0.15) is 61.4 Å². The number of halogens is 2. The summed E-state index contributed by atoms with van der Waals surface area (Å²) in [4.78, 5) is 23.7. The lowest BCUT2D eigenvalue weighted by Crippen LogP contribution is -2.26. The maximum Gasteiger partial charge on any atom is 0.401 e. The first-order valence-electron chi connectivity index (χ1n) is 13.1. The molecule has 39 heavy (non-hydrogen) atoms. The number of carbonyl (C=O) groups is 1. The van der Waals surface area contributed by atoms with Gasteiger partial charge in [0, 0.05) is 31.0 Å². The molecule has 0 heterocycles. The van der Waals surface area contributed by atoms with Crippen molar-refractivity contribution in [3.63, 3.8) is 0 Å². The van der Waals surface area contributed by atoms with E-state index in [1.54, 1.807) is 12.1 Å². The van der Waals surface area contributed by atoms with E-state index >= 15 is 0 Å². The molecule has 0 spiro atoms. The molecular weight excluding hydrogens is 523 g/mol. The normalized spacial score (nSPS) is 13.1. The van der Waals surface area contributed by atoms with Gasteiger partial charge in [-0.25, -0.2) is 0 Å². The minimum atomic E-state index is -5.17. The molecule has 210 valence electrons. The van der Waals surface area contributed by atoms with Gasteiger partial charge in [0.1, 0.15) is 5.75 Å². The molecule has 0 radical (unpaired) electrons. The van der Waals surface area contributed by atoms with Crippen LogP contribution in [0.15, 0.2) is 72.8 Å². The summed E-state index contributed by atoms with van der Waals surface area (Å²) in [6.07, 6.45) is 7.30. The fraction of sp³-hybridized carbons (Fsp3) is 0.367. The van der Waals surface area contributed by atoms with Gasteiger partial charge in [-0.15, -0.1) is 0 Å². The van der Waals surface area contributed by atoms with Crippen molar-refractivity contribution in [2.45, 2.75) is 51.1 Å². The Kier molecular flexibility index (Phi) is 10.8. The highest BCUT2D eigenvalue weighted by atomic mass is 31.2. The van der Waals surface area contributed by atoms with Gasteiger partial charge in [0.15, 0.2) is 0 Å². The van der Waals surface area contributed by atoms with E-state index < -0.39 is 18.8 Å². The number of carbonyl (C=O) groups excluding carboxylic acids is 1. The minimum Gasteiger partial charge on any atom is -0.494 e. The quantitative estimate of drug-likeness (QED) is 0.159. The number of hydrogen-bond acceptors (Lipinski definition) is 4. The Balaban J connectivity index is 1.58. The molecular formula is C30H36F2NO5P. The van der Waals surface area contributed by atoms with Gasteiger partial charge in [-0.2, -0.15) is 8.78 Å². The van der Waals surface area contributed by atoms with Crippen molar-refractivity contribution in [2.24, 2.45) is 0 Å². The molecule has 3 aromatic rings. The SMILES string of the molecule is CCCCCCCCOc1ccc(-c2ccc(C(=O)N(C)c3ccc(C(F)(F)P(=O)(O)OC)cc3)cc2)cc1. The Morgan fingerprint density at radius 3 is 1.97 bits per heavy atom. The highest BCUT2D eigenvalue weighted by molar-refractivity contribution is 7.53. The highest BCUT2D eigenvalue weighted by Gasteiger charge is 2.52. The third-order valence-corrected chi connectivity index (χ3v) is 8.06. The number of nitrogens with zero attached hydrogens (tertiary/aromatic N) is 1. The molecule has 0 saturated carbocycles. The van der Waals surface area contributed by atoms with Crippen LogP contribution in [0.3, 0.4) is 0 Å². The Morgan fingerprint density at radius 1 is 0.872 bits per heavy atom. The molecule has 3 rings (SSSR count). The molecule has 9 heteroatoms. The summed E-state index contributed by atoms with van der Waals surface area (Å²) in [5, 5.41) is 0. The van der Waals surface area contributed by atoms with Gasteiger partial charge >= 0.3 is 13.3 Å². The average Bonchev–Trinajstić information content (AvgIpc) is 2.96. The monoisotopic (exact) mass is 559 g/mol. The van der Waals surface area contributed by atoms with Crippen LogP contribution in [0.4, 0.5) is 14.5 Å². The van der Waals surface area contributed by atoms with Crippen LogP contribution in [0.2, 0.25) is 0 Å². The second kappa shape index (κ2) is 13.8. The average molecular weight is 560 g/mol. The van der Waals surface area contributed by atoms with Crippen molar-refractivity contribution in [2.75, 3.05) is 25.7 Å². The van der Waals surface area contributed by atoms with Crippen LogP contribution < -0.4 is 9.64 Å². The number of anilines is 1. The highest BCUT2D eigenvalue weighted by Crippen LogP contribution is 2.62. The predicted octanol–water partition coefficient (Wildman–Crippen LogP) is 8.25. The van der Waals surface area contributed by atoms with Gasteiger partial charge in [-0.05, 0) is 53.9 Å². The van der Waals surface area contributed by atoms with Gasteiger partial charge in [0.05, 0.1) is 6.61 Å². The molecule has 0 aliphatic carbocycles. The van der Waals surface area contributed by atoms with Gasteiger partial charge in [0.2, 0.25) is 0 Å². The number of ether oxygens (including phenoxy) is 1. The van der Waals surface area contributed by atoms with E-state index in [0.29, 0.717) is 17.9 Å². The number of benzene rings is 3. The first-order chi connectivity index (χ1) is 18.6. The van der Waals surface area contributed by atoms with Crippen molar-refractivity contribution >= 4 is 19.2 Å². The second-order valence-electron chi connectivity index (χ2n) is 9.37. The predicted molar refractivity (Wildman–Crippen MR) is 151 cm³/mol. The molecule has 1 unspecified atom stereocenters. The van der Waals surface area contributed by atoms with Gasteiger partial charge in [-0.1, -0.05) is 75.4 Å². The van der Waals surface area contributed by atoms with Crippen LogP contribution in [-0.4, -0.2) is 31.6 Å². The Bertz CT molecular complexity index is 1250. The molecule has 1 amide bonds. The molecule has 6 nitrogen and oxygen atoms in total. The largest absolute Gasteiger partial charge is 0.494 e. The summed E-state index contributed by atoms with van der Waals surface area (Å²) >= 11 is 0. The number of alkyl halides is 2. The molecule has 0 saturated heterocycles. The standard InChI is InChI=1S/C30H36F2NO5P/c1-4-5-6-7-8-9-22-38-28-20-14-24(15-21-28)23-10-12-25(13-11-23)29(34)33(2)27-18-16-26(17-19-27)30(31,32)39(35,36)37-3/h10-21H,4-9,22H2,1-3H3,(H,35,36).